The quantitative estimate of drug-likeness (QED) is 0.582. The molecule has 1 saturated heterocycles. The summed E-state index contributed by atoms with van der Waals surface area (Å²) in [4.78, 5) is 4.69. The molecular formula is C23H31NO2S. The lowest BCUT2D eigenvalue weighted by molar-refractivity contribution is -0.104. The number of thiophene rings is 1. The van der Waals surface area contributed by atoms with E-state index >= 15 is 0 Å². The summed E-state index contributed by atoms with van der Waals surface area (Å²) in [6.07, 6.45) is -11.4. The van der Waals surface area contributed by atoms with Gasteiger partial charge in [0.1, 0.15) is 5.75 Å². The van der Waals surface area contributed by atoms with Gasteiger partial charge in [-0.15, -0.1) is 11.3 Å². The molecular weight excluding hydrogens is 354 g/mol. The van der Waals surface area contributed by atoms with E-state index in [2.05, 4.69) is 4.98 Å². The van der Waals surface area contributed by atoms with Crippen molar-refractivity contribution in [2.24, 2.45) is 0 Å². The largest absolute Gasteiger partial charge is 0.496 e. The van der Waals surface area contributed by atoms with Crippen molar-refractivity contribution in [2.45, 2.75) is 75.0 Å². The van der Waals surface area contributed by atoms with Crippen molar-refractivity contribution >= 4 is 11.3 Å². The van der Waals surface area contributed by atoms with Crippen LogP contribution in [0.1, 0.15) is 81.9 Å². The van der Waals surface area contributed by atoms with E-state index < -0.39 is 49.5 Å². The maximum Gasteiger partial charge on any atom is 0.132 e. The summed E-state index contributed by atoms with van der Waals surface area (Å²) in [5.74, 6) is 0.400. The number of aromatic nitrogens is 1. The number of pyridine rings is 1. The van der Waals surface area contributed by atoms with E-state index in [1.165, 1.54) is 30.7 Å². The summed E-state index contributed by atoms with van der Waals surface area (Å²) in [6, 6.07) is 6.34. The van der Waals surface area contributed by atoms with E-state index in [1.54, 1.807) is 23.6 Å². The molecule has 0 unspecified atom stereocenters. The molecule has 1 aliphatic carbocycles. The van der Waals surface area contributed by atoms with Crippen LogP contribution in [0.25, 0.3) is 0 Å². The van der Waals surface area contributed by atoms with Gasteiger partial charge in [0.05, 0.1) is 12.7 Å². The van der Waals surface area contributed by atoms with Crippen LogP contribution in [0.4, 0.5) is 0 Å². The highest BCUT2D eigenvalue weighted by Crippen LogP contribution is 2.50. The molecule has 0 amide bonds. The Morgan fingerprint density at radius 2 is 2.15 bits per heavy atom. The second kappa shape index (κ2) is 8.32. The zero-order chi connectivity index (χ0) is 27.5. The minimum absolute atomic E-state index is 0.0196. The monoisotopic (exact) mass is 395 g/mol. The molecule has 3 nitrogen and oxygen atoms in total. The fourth-order valence-electron chi connectivity index (χ4n) is 3.57. The molecule has 2 aromatic rings. The normalized spacial score (nSPS) is 37.8. The van der Waals surface area contributed by atoms with Crippen molar-refractivity contribution in [1.29, 1.82) is 0 Å². The van der Waals surface area contributed by atoms with Gasteiger partial charge in [0, 0.05) is 42.5 Å². The SMILES string of the molecule is [2H]C([2H])(CCC[C@@]1(c2ccccn2)C([2H])([2H])COC2(C([2H])([2H])CCC2([2H])[2H])C1([2H])[2H])c1sccc1OC. The molecule has 3 heterocycles. The summed E-state index contributed by atoms with van der Waals surface area (Å²) < 4.78 is 99.7. The van der Waals surface area contributed by atoms with Crippen LogP contribution in [0.3, 0.4) is 0 Å². The number of hydrogen-bond donors (Lipinski definition) is 0. The molecule has 4 heteroatoms. The second-order valence-corrected chi connectivity index (χ2v) is 7.51. The maximum atomic E-state index is 9.39. The van der Waals surface area contributed by atoms with Crippen molar-refractivity contribution < 1.29 is 23.2 Å². The predicted molar refractivity (Wildman–Crippen MR) is 111 cm³/mol. The minimum Gasteiger partial charge on any atom is -0.496 e. The van der Waals surface area contributed by atoms with Crippen LogP contribution in [-0.2, 0) is 16.5 Å². The molecule has 0 aromatic carbocycles. The van der Waals surface area contributed by atoms with Gasteiger partial charge in [-0.1, -0.05) is 25.3 Å². The molecule has 1 saturated carbocycles. The van der Waals surface area contributed by atoms with E-state index in [9.17, 15) is 2.74 Å². The van der Waals surface area contributed by atoms with Gasteiger partial charge in [-0.05, 0) is 68.3 Å². The number of ether oxygens (including phenoxy) is 2. The van der Waals surface area contributed by atoms with Crippen LogP contribution in [0.2, 0.25) is 0 Å². The van der Waals surface area contributed by atoms with Gasteiger partial charge in [-0.3, -0.25) is 4.98 Å². The average molecular weight is 396 g/mol. The highest BCUT2D eigenvalue weighted by Gasteiger charge is 2.48. The van der Waals surface area contributed by atoms with Crippen molar-refractivity contribution in [3.63, 3.8) is 0 Å². The van der Waals surface area contributed by atoms with Gasteiger partial charge >= 0.3 is 0 Å². The van der Waals surface area contributed by atoms with Crippen LogP contribution in [0.5, 0.6) is 5.75 Å². The average Bonchev–Trinajstić information content (AvgIpc) is 3.36. The number of methoxy groups -OCH3 is 1. The summed E-state index contributed by atoms with van der Waals surface area (Å²) >= 11 is 1.20. The third-order valence-corrected chi connectivity index (χ3v) is 5.74. The molecule has 27 heavy (non-hydrogen) atoms. The number of aryl methyl sites for hydroxylation is 1. The summed E-state index contributed by atoms with van der Waals surface area (Å²) in [7, 11) is 1.45. The first kappa shape index (κ1) is 10.4. The Morgan fingerprint density at radius 3 is 2.93 bits per heavy atom. The molecule has 2 fully saturated rings. The minimum atomic E-state index is -2.90. The topological polar surface area (TPSA) is 31.4 Å². The van der Waals surface area contributed by atoms with E-state index in [-0.39, 0.29) is 37.8 Å². The molecule has 1 aliphatic heterocycles. The summed E-state index contributed by atoms with van der Waals surface area (Å²) in [6.45, 7) is -0.728. The highest BCUT2D eigenvalue weighted by molar-refractivity contribution is 7.10. The van der Waals surface area contributed by atoms with Gasteiger partial charge < -0.3 is 9.47 Å². The van der Waals surface area contributed by atoms with Crippen LogP contribution >= 0.6 is 11.3 Å². The first-order chi connectivity index (χ1) is 17.0. The van der Waals surface area contributed by atoms with Crippen molar-refractivity contribution in [3.8, 4) is 5.75 Å². The van der Waals surface area contributed by atoms with E-state index in [4.69, 9.17) is 20.4 Å². The Hall–Kier alpha value is -1.39. The zero-order valence-electron chi connectivity index (χ0n) is 25.4. The highest BCUT2D eigenvalue weighted by atomic mass is 32.1. The molecule has 0 radical (unpaired) electrons. The van der Waals surface area contributed by atoms with Crippen molar-refractivity contribution in [1.82, 2.24) is 4.98 Å². The van der Waals surface area contributed by atoms with Crippen LogP contribution < -0.4 is 4.74 Å². The van der Waals surface area contributed by atoms with Crippen LogP contribution in [0.15, 0.2) is 35.8 Å². The van der Waals surface area contributed by atoms with Gasteiger partial charge in [0.2, 0.25) is 0 Å². The van der Waals surface area contributed by atoms with Gasteiger partial charge in [0.25, 0.3) is 0 Å². The Bertz CT molecular complexity index is 1110. The van der Waals surface area contributed by atoms with Crippen molar-refractivity contribution in [2.75, 3.05) is 13.7 Å². The Morgan fingerprint density at radius 1 is 1.26 bits per heavy atom. The Kier molecular flexibility index (Phi) is 3.21. The lowest BCUT2D eigenvalue weighted by atomic mass is 9.67. The molecule has 0 bridgehead atoms. The number of hydrogen-bond acceptors (Lipinski definition) is 4. The number of rotatable bonds is 7. The number of nitrogens with zero attached hydrogens (tertiary/aromatic N) is 1. The molecule has 0 N–H and O–H groups in total. The molecule has 2 aromatic heterocycles. The Balaban J connectivity index is 1.83. The molecule has 2 aliphatic rings. The van der Waals surface area contributed by atoms with Crippen LogP contribution in [-0.4, -0.2) is 24.3 Å². The summed E-state index contributed by atoms with van der Waals surface area (Å²) in [5.41, 5.74) is -4.69. The zero-order valence-corrected chi connectivity index (χ0v) is 16.2. The third kappa shape index (κ3) is 4.07. The van der Waals surface area contributed by atoms with Crippen molar-refractivity contribution in [3.05, 3.63) is 46.4 Å². The smallest absolute Gasteiger partial charge is 0.132 e. The first-order valence-corrected chi connectivity index (χ1v) is 10.1. The van der Waals surface area contributed by atoms with Crippen LogP contribution in [0, 0.1) is 0 Å². The molecule has 1 spiro atoms. The third-order valence-electron chi connectivity index (χ3n) is 4.89. The maximum absolute atomic E-state index is 9.39. The van der Waals surface area contributed by atoms with Gasteiger partial charge in [0.15, 0.2) is 0 Å². The second-order valence-electron chi connectivity index (χ2n) is 6.59. The Labute approximate surface area is 181 Å². The fraction of sp³-hybridized carbons (Fsp3) is 0.609. The molecule has 4 rings (SSSR count). The lowest BCUT2D eigenvalue weighted by Crippen LogP contribution is -2.46. The molecule has 1 atom stereocenters. The fourth-order valence-corrected chi connectivity index (χ4v) is 4.35. The predicted octanol–water partition coefficient (Wildman–Crippen LogP) is 5.93. The van der Waals surface area contributed by atoms with E-state index in [0.29, 0.717) is 10.6 Å². The van der Waals surface area contributed by atoms with Gasteiger partial charge in [-0.25, -0.2) is 0 Å². The van der Waals surface area contributed by atoms with E-state index in [0.717, 1.165) is 0 Å². The lowest BCUT2D eigenvalue weighted by Gasteiger charge is -2.46. The first-order valence-electron chi connectivity index (χ1n) is 14.2. The summed E-state index contributed by atoms with van der Waals surface area (Å²) in [5, 5.41) is 1.71. The molecule has 146 valence electrons. The van der Waals surface area contributed by atoms with Gasteiger partial charge in [-0.2, -0.15) is 0 Å². The van der Waals surface area contributed by atoms with E-state index in [1.807, 2.05) is 0 Å². The standard InChI is InChI=1S/C23H31NO2S/c1-25-19-10-17-27-20(19)8-2-4-11-22(21-9-3-7-15-24-21)14-16-26-23(18-22)12-5-6-13-23/h3,7,9-10,15,17H,2,4-6,8,11-14,16,18H2,1H3/t22-/m1/s1/i8D2,12D2,13D2,14D2,18D2.